The Kier molecular flexibility index (Phi) is 11.1. The van der Waals surface area contributed by atoms with E-state index >= 15 is 0 Å². The monoisotopic (exact) mass is 657 g/mol. The summed E-state index contributed by atoms with van der Waals surface area (Å²) in [4.78, 5) is 40.4. The zero-order valence-electron chi connectivity index (χ0n) is 25.6. The standard InChI is InChI=1S/C34H38N4O4.ClH.Fe/c1-7-21-17(3)25-13-26-19(5)23(9-11-33(39)40)31(37-26)16-32-24(10-12-34(41)42)20(6)28(38-32)15-30-22(8-2)18(4)27(36-30)14-29(21)35-25;;/h7-8,36-37H,1-2,9-16H2,3-6H3,(H,39,40)(H,41,42);1H;/q-2;;+3/p-1. The van der Waals surface area contributed by atoms with Gasteiger partial charge in [-0.05, 0) is 100 Å². The van der Waals surface area contributed by atoms with Crippen molar-refractivity contribution >= 4 is 36.5 Å². The van der Waals surface area contributed by atoms with Gasteiger partial charge in [0.15, 0.2) is 0 Å². The van der Waals surface area contributed by atoms with Crippen molar-refractivity contribution in [3.63, 3.8) is 0 Å². The van der Waals surface area contributed by atoms with Crippen molar-refractivity contribution in [3.8, 4) is 0 Å². The number of carbonyl (C=O) groups is 2. The fourth-order valence-corrected chi connectivity index (χ4v) is 6.49. The number of aromatic amines is 2. The van der Waals surface area contributed by atoms with Crippen LogP contribution in [0.3, 0.4) is 0 Å². The number of aromatic nitrogens is 4. The maximum Gasteiger partial charge on any atom is 3.00 e. The molecule has 0 amide bonds. The summed E-state index contributed by atoms with van der Waals surface area (Å²) in [5.74, 6) is -1.95. The van der Waals surface area contributed by atoms with Crippen LogP contribution in [0, 0.1) is 27.7 Å². The minimum atomic E-state index is -1.10. The van der Waals surface area contributed by atoms with Crippen LogP contribution in [0.4, 0.5) is 0 Å². The molecule has 0 spiro atoms. The van der Waals surface area contributed by atoms with Crippen molar-refractivity contribution < 1.29 is 36.9 Å². The second-order valence-electron chi connectivity index (χ2n) is 11.3. The number of aliphatic carboxylic acids is 2. The molecule has 1 aliphatic heterocycles. The van der Waals surface area contributed by atoms with Crippen LogP contribution < -0.4 is 15.1 Å². The number of hydrogen-bond acceptors (Lipinski definition) is 3. The van der Waals surface area contributed by atoms with Crippen molar-refractivity contribution in [3.05, 3.63) is 103 Å². The number of carboxylic acids is 2. The molecule has 4 aromatic rings. The molecule has 3 N–H and O–H groups in total. The van der Waals surface area contributed by atoms with Gasteiger partial charge in [0.05, 0.1) is 0 Å². The first kappa shape index (κ1) is 34.8. The Labute approximate surface area is 274 Å². The van der Waals surface area contributed by atoms with E-state index in [0.29, 0.717) is 38.5 Å². The van der Waals surface area contributed by atoms with E-state index in [4.69, 9.17) is 9.97 Å². The van der Waals surface area contributed by atoms with Gasteiger partial charge < -0.3 is 34.9 Å². The predicted octanol–water partition coefficient (Wildman–Crippen LogP) is 4.57. The van der Waals surface area contributed by atoms with Gasteiger partial charge in [-0.15, -0.1) is 18.1 Å². The van der Waals surface area contributed by atoms with E-state index in [1.165, 1.54) is 0 Å². The molecule has 44 heavy (non-hydrogen) atoms. The molecule has 0 aromatic carbocycles. The Hall–Kier alpha value is -3.65. The van der Waals surface area contributed by atoms with Crippen molar-refractivity contribution in [1.82, 2.24) is 19.9 Å². The van der Waals surface area contributed by atoms with E-state index < -0.39 is 11.9 Å². The van der Waals surface area contributed by atoms with Gasteiger partial charge in [-0.1, -0.05) is 42.0 Å². The van der Waals surface area contributed by atoms with Crippen molar-refractivity contribution in [1.29, 1.82) is 0 Å². The van der Waals surface area contributed by atoms with E-state index in [9.17, 15) is 19.8 Å². The van der Waals surface area contributed by atoms with Gasteiger partial charge in [-0.2, -0.15) is 17.1 Å². The molecule has 8 bridgehead atoms. The Morgan fingerprint density at radius 2 is 1.25 bits per heavy atom. The van der Waals surface area contributed by atoms with E-state index in [2.05, 4.69) is 37.0 Å². The quantitative estimate of drug-likeness (QED) is 0.209. The van der Waals surface area contributed by atoms with Crippen LogP contribution in [-0.2, 0) is 65.2 Å². The van der Waals surface area contributed by atoms with Gasteiger partial charge in [0.2, 0.25) is 0 Å². The molecule has 0 atom stereocenters. The number of fused-ring (bicyclic) bond motifs is 8. The zero-order chi connectivity index (χ0) is 30.3. The van der Waals surface area contributed by atoms with Gasteiger partial charge in [0.1, 0.15) is 0 Å². The summed E-state index contributed by atoms with van der Waals surface area (Å²) in [5.41, 5.74) is 15.7. The van der Waals surface area contributed by atoms with Gasteiger partial charge >= 0.3 is 23.0 Å². The Bertz CT molecular complexity index is 1740. The van der Waals surface area contributed by atoms with E-state index in [0.717, 1.165) is 90.1 Å². The van der Waals surface area contributed by atoms with Crippen molar-refractivity contribution in [2.45, 2.75) is 79.1 Å². The third kappa shape index (κ3) is 6.55. The Morgan fingerprint density at radius 3 is 1.89 bits per heavy atom. The number of carboxylic acid groups (broad SMARTS) is 2. The summed E-state index contributed by atoms with van der Waals surface area (Å²) in [6, 6.07) is 0. The van der Waals surface area contributed by atoms with E-state index in [1.54, 1.807) is 0 Å². The molecule has 5 heterocycles. The first-order valence-corrected chi connectivity index (χ1v) is 14.4. The molecule has 1 radical (unpaired) electrons. The van der Waals surface area contributed by atoms with Crippen LogP contribution in [0.1, 0.15) is 103 Å². The molecular weight excluding hydrogens is 620 g/mol. The van der Waals surface area contributed by atoms with Gasteiger partial charge in [-0.25, -0.2) is 0 Å². The smallest absolute Gasteiger partial charge is 0.664 e. The molecule has 4 aromatic heterocycles. The van der Waals surface area contributed by atoms with E-state index in [1.807, 2.05) is 26.0 Å². The number of carbonyl (C=O) groups excluding carboxylic acids is 1. The Balaban J connectivity index is 0.00000264. The molecular formula is C34H38ClFeN4O4. The largest absolute Gasteiger partial charge is 3.00 e. The maximum absolute atomic E-state index is 11.5. The number of H-pyrrole nitrogens is 2. The molecule has 0 aliphatic carbocycles. The molecule has 0 unspecified atom stereocenters. The average Bonchev–Trinajstić information content (AvgIpc) is 3.59. The molecule has 0 fully saturated rings. The molecule has 1 aliphatic rings. The summed E-state index contributed by atoms with van der Waals surface area (Å²) in [6.07, 6.45) is 6.54. The maximum atomic E-state index is 11.5. The van der Waals surface area contributed by atoms with Gasteiger partial charge in [0.25, 0.3) is 0 Å². The average molecular weight is 658 g/mol. The first-order valence-electron chi connectivity index (χ1n) is 14.4. The molecule has 0 saturated heterocycles. The summed E-state index contributed by atoms with van der Waals surface area (Å²) >= 11 is 0. The van der Waals surface area contributed by atoms with Crippen LogP contribution >= 0.6 is 12.4 Å². The van der Waals surface area contributed by atoms with Gasteiger partial charge in [0, 0.05) is 35.2 Å². The molecule has 5 rings (SSSR count). The van der Waals surface area contributed by atoms with Crippen LogP contribution in [0.15, 0.2) is 13.2 Å². The van der Waals surface area contributed by atoms with Crippen molar-refractivity contribution in [2.75, 3.05) is 0 Å². The molecule has 8 nitrogen and oxygen atoms in total. The molecule has 0 saturated carbocycles. The summed E-state index contributed by atoms with van der Waals surface area (Å²) < 4.78 is 0. The number of halogens is 1. The number of hydrogen-bond donors (Lipinski definition) is 3. The van der Waals surface area contributed by atoms with Crippen molar-refractivity contribution in [2.24, 2.45) is 0 Å². The fourth-order valence-electron chi connectivity index (χ4n) is 6.49. The molecule has 10 heteroatoms. The second-order valence-corrected chi connectivity index (χ2v) is 11.3. The summed E-state index contributed by atoms with van der Waals surface area (Å²) in [5, 5.41) is 20.9. The molecule has 233 valence electrons. The zero-order valence-corrected chi connectivity index (χ0v) is 27.5. The SMILES string of the molecule is C=Cc1c2[n-]c(c1C)Cc1[nH]c(c(CCC(=O)[O-])c1C)Cc1[n-]c(c(C)c1CCC(=O)O)Cc1[nH]c(c(C)c1C=C)C2.Cl.[Fe+3]. The number of nitrogens with one attached hydrogen (secondary N) is 2. The first-order chi connectivity index (χ1) is 20.0. The van der Waals surface area contributed by atoms with Crippen LogP contribution in [-0.4, -0.2) is 27.0 Å². The predicted molar refractivity (Wildman–Crippen MR) is 168 cm³/mol. The summed E-state index contributed by atoms with van der Waals surface area (Å²) in [7, 11) is 0. The number of rotatable bonds is 8. The minimum absolute atomic E-state index is 0. The van der Waals surface area contributed by atoms with Crippen LogP contribution in [0.2, 0.25) is 0 Å². The fraction of sp³-hybridized carbons (Fsp3) is 0.353. The number of nitrogens with zero attached hydrogens (tertiary/aromatic N) is 2. The third-order valence-electron chi connectivity index (χ3n) is 8.93. The topological polar surface area (TPSA) is 137 Å². The summed E-state index contributed by atoms with van der Waals surface area (Å²) in [6.45, 7) is 16.3. The normalized spacial score (nSPS) is 12.3. The third-order valence-corrected chi connectivity index (χ3v) is 8.93. The minimum Gasteiger partial charge on any atom is -0.664 e. The van der Waals surface area contributed by atoms with E-state index in [-0.39, 0.29) is 42.3 Å². The van der Waals surface area contributed by atoms with Crippen LogP contribution in [0.5, 0.6) is 0 Å². The van der Waals surface area contributed by atoms with Crippen LogP contribution in [0.25, 0.3) is 12.2 Å². The second kappa shape index (κ2) is 14.0. The van der Waals surface area contributed by atoms with Gasteiger partial charge in [-0.3, -0.25) is 4.79 Å². The Morgan fingerprint density at radius 1 is 0.727 bits per heavy atom.